The Kier molecular flexibility index (Phi) is 12.8. The summed E-state index contributed by atoms with van der Waals surface area (Å²) in [5, 5.41) is 9.57. The number of benzene rings is 2. The van der Waals surface area contributed by atoms with Crippen LogP contribution in [0.5, 0.6) is 5.75 Å². The van der Waals surface area contributed by atoms with Crippen molar-refractivity contribution in [2.75, 3.05) is 64.7 Å². The smallest absolute Gasteiger partial charge is 0.406 e. The van der Waals surface area contributed by atoms with E-state index in [2.05, 4.69) is 27.8 Å². The zero-order valence-electron chi connectivity index (χ0n) is 28.2. The van der Waals surface area contributed by atoms with Crippen LogP contribution >= 0.6 is 0 Å². The summed E-state index contributed by atoms with van der Waals surface area (Å²) in [6.45, 7) is 3.36. The standard InChI is InChI=1S/C35H43F4N5O5/c1-22(2)34(46)49-20-25(47-4)18-41-33(45)23-11-12-30(32(16-23)48-5)40-14-7-8-24-17-26-28(42-29-13-15-43(3)19-27(29)36)9-6-10-31(26)44(24)21-35(37,38)39/h6,9-12,16-17,22,25,27,29,40,42H,13-15,18-21H2,1-5H3,(H,41,45)/t25?,27-,29+/m0/s1. The zero-order chi connectivity index (χ0) is 35.7. The number of nitrogens with one attached hydrogen (secondary N) is 3. The number of esters is 1. The summed E-state index contributed by atoms with van der Waals surface area (Å²) in [5.74, 6) is 5.05. The van der Waals surface area contributed by atoms with E-state index in [-0.39, 0.29) is 43.8 Å². The lowest BCUT2D eigenvalue weighted by Gasteiger charge is -2.33. The number of halogens is 4. The molecule has 0 aliphatic carbocycles. The summed E-state index contributed by atoms with van der Waals surface area (Å²) >= 11 is 0. The number of aromatic nitrogens is 1. The lowest BCUT2D eigenvalue weighted by Crippen LogP contribution is -2.46. The van der Waals surface area contributed by atoms with Crippen LogP contribution in [0.1, 0.15) is 36.3 Å². The predicted octanol–water partition coefficient (Wildman–Crippen LogP) is 5.07. The van der Waals surface area contributed by atoms with E-state index in [1.807, 2.05) is 11.9 Å². The van der Waals surface area contributed by atoms with Crippen LogP contribution in [0.15, 0.2) is 42.5 Å². The fourth-order valence-electron chi connectivity index (χ4n) is 5.40. The molecule has 2 heterocycles. The van der Waals surface area contributed by atoms with E-state index >= 15 is 0 Å². The van der Waals surface area contributed by atoms with Gasteiger partial charge in [0.25, 0.3) is 5.91 Å². The molecule has 14 heteroatoms. The van der Waals surface area contributed by atoms with Crippen LogP contribution in [-0.2, 0) is 20.8 Å². The van der Waals surface area contributed by atoms with Gasteiger partial charge in [-0.25, -0.2) is 4.39 Å². The van der Waals surface area contributed by atoms with Gasteiger partial charge < -0.3 is 39.6 Å². The van der Waals surface area contributed by atoms with Gasteiger partial charge in [-0.05, 0) is 55.8 Å². The third-order valence-electron chi connectivity index (χ3n) is 8.12. The van der Waals surface area contributed by atoms with E-state index in [0.29, 0.717) is 46.6 Å². The number of alkyl halides is 4. The number of hydrogen-bond donors (Lipinski definition) is 3. The second-order valence-corrected chi connectivity index (χ2v) is 12.2. The summed E-state index contributed by atoms with van der Waals surface area (Å²) in [5.41, 5.74) is 1.88. The fourth-order valence-corrected chi connectivity index (χ4v) is 5.40. The molecule has 1 aliphatic heterocycles. The number of likely N-dealkylation sites (tertiary alicyclic amines) is 1. The number of hydrogen-bond acceptors (Lipinski definition) is 8. The van der Waals surface area contributed by atoms with Crippen molar-refractivity contribution >= 4 is 34.2 Å². The molecule has 0 radical (unpaired) electrons. The molecule has 0 spiro atoms. The average Bonchev–Trinajstić information content (AvgIpc) is 3.40. The molecule has 1 aromatic heterocycles. The molecular weight excluding hydrogens is 646 g/mol. The van der Waals surface area contributed by atoms with E-state index < -0.39 is 36.9 Å². The van der Waals surface area contributed by atoms with Crippen LogP contribution in [0.3, 0.4) is 0 Å². The Morgan fingerprint density at radius 2 is 1.88 bits per heavy atom. The largest absolute Gasteiger partial charge is 0.495 e. The highest BCUT2D eigenvalue weighted by Gasteiger charge is 2.31. The minimum Gasteiger partial charge on any atom is -0.495 e. The number of carbonyl (C=O) groups is 2. The maximum absolute atomic E-state index is 14.8. The minimum absolute atomic E-state index is 0.00590. The second-order valence-electron chi connectivity index (χ2n) is 12.2. The molecule has 3 atom stereocenters. The molecule has 266 valence electrons. The molecule has 0 saturated carbocycles. The lowest BCUT2D eigenvalue weighted by atomic mass is 10.0. The average molecular weight is 690 g/mol. The Labute approximate surface area is 283 Å². The summed E-state index contributed by atoms with van der Waals surface area (Å²) in [4.78, 5) is 26.4. The second kappa shape index (κ2) is 16.8. The van der Waals surface area contributed by atoms with Gasteiger partial charge in [0.05, 0.1) is 42.5 Å². The van der Waals surface area contributed by atoms with Crippen LogP contribution in [0.4, 0.5) is 28.9 Å². The monoisotopic (exact) mass is 689 g/mol. The molecular formula is C35H43F4N5O5. The third kappa shape index (κ3) is 10.3. The van der Waals surface area contributed by atoms with Crippen LogP contribution in [0.25, 0.3) is 10.9 Å². The topological polar surface area (TPSA) is 106 Å². The Balaban J connectivity index is 1.45. The highest BCUT2D eigenvalue weighted by Crippen LogP contribution is 2.32. The molecule has 3 aromatic rings. The molecule has 3 N–H and O–H groups in total. The molecule has 0 bridgehead atoms. The molecule has 1 unspecified atom stereocenters. The number of nitrogens with zero attached hydrogens (tertiary/aromatic N) is 2. The predicted molar refractivity (Wildman–Crippen MR) is 180 cm³/mol. The molecule has 1 fully saturated rings. The van der Waals surface area contributed by atoms with Crippen LogP contribution in [0, 0.1) is 17.8 Å². The first-order valence-electron chi connectivity index (χ1n) is 16.0. The lowest BCUT2D eigenvalue weighted by molar-refractivity contribution is -0.150. The SMILES string of the molecule is COc1cc(C(=O)NCC(COC(=O)C(C)C)OC)ccc1NCC#Cc1cc2c(N[C@@H]3CCN(C)C[C@@H]3F)cccc2n1CC(F)(F)F. The first kappa shape index (κ1) is 37.3. The van der Waals surface area contributed by atoms with Gasteiger partial charge in [0.15, 0.2) is 0 Å². The summed E-state index contributed by atoms with van der Waals surface area (Å²) in [6, 6.07) is 10.9. The van der Waals surface area contributed by atoms with Crippen molar-refractivity contribution in [2.24, 2.45) is 5.92 Å². The molecule has 10 nitrogen and oxygen atoms in total. The van der Waals surface area contributed by atoms with Crippen molar-refractivity contribution in [1.29, 1.82) is 0 Å². The fraction of sp³-hybridized carbons (Fsp3) is 0.486. The first-order valence-corrected chi connectivity index (χ1v) is 16.0. The first-order chi connectivity index (χ1) is 23.3. The molecule has 1 amide bonds. The third-order valence-corrected chi connectivity index (χ3v) is 8.12. The van der Waals surface area contributed by atoms with Gasteiger partial charge in [-0.1, -0.05) is 25.8 Å². The van der Waals surface area contributed by atoms with Crippen LogP contribution < -0.4 is 20.7 Å². The number of anilines is 2. The number of ether oxygens (including phenoxy) is 3. The molecule has 1 saturated heterocycles. The van der Waals surface area contributed by atoms with Crippen molar-refractivity contribution in [3.05, 3.63) is 53.7 Å². The molecule has 4 rings (SSSR count). The van der Waals surface area contributed by atoms with E-state index in [9.17, 15) is 27.2 Å². The van der Waals surface area contributed by atoms with Crippen molar-refractivity contribution < 1.29 is 41.4 Å². The zero-order valence-corrected chi connectivity index (χ0v) is 28.2. The van der Waals surface area contributed by atoms with E-state index in [0.717, 1.165) is 4.57 Å². The van der Waals surface area contributed by atoms with Crippen LogP contribution in [-0.4, -0.2) is 99.9 Å². The number of methoxy groups -OCH3 is 2. The van der Waals surface area contributed by atoms with Gasteiger partial charge in [0, 0.05) is 43.4 Å². The normalized spacial score (nSPS) is 17.3. The number of carbonyl (C=O) groups excluding carboxylic acids is 2. The highest BCUT2D eigenvalue weighted by molar-refractivity contribution is 5.95. The highest BCUT2D eigenvalue weighted by atomic mass is 19.4. The Hall–Kier alpha value is -4.48. The number of amides is 1. The van der Waals surface area contributed by atoms with Crippen molar-refractivity contribution in [3.63, 3.8) is 0 Å². The van der Waals surface area contributed by atoms with Gasteiger partial charge in [0.1, 0.15) is 31.2 Å². The Morgan fingerprint density at radius 1 is 1.10 bits per heavy atom. The van der Waals surface area contributed by atoms with Gasteiger partial charge in [0.2, 0.25) is 0 Å². The molecule has 49 heavy (non-hydrogen) atoms. The summed E-state index contributed by atoms with van der Waals surface area (Å²) in [6.07, 6.45) is -5.58. The molecule has 2 aromatic carbocycles. The van der Waals surface area contributed by atoms with Crippen molar-refractivity contribution in [3.8, 4) is 17.6 Å². The van der Waals surface area contributed by atoms with Gasteiger partial charge in [-0.2, -0.15) is 13.2 Å². The van der Waals surface area contributed by atoms with Gasteiger partial charge in [-0.15, -0.1) is 0 Å². The minimum atomic E-state index is -4.49. The van der Waals surface area contributed by atoms with E-state index in [1.165, 1.54) is 20.3 Å². The van der Waals surface area contributed by atoms with Gasteiger partial charge in [-0.3, -0.25) is 9.59 Å². The van der Waals surface area contributed by atoms with Crippen LogP contribution in [0.2, 0.25) is 0 Å². The molecule has 1 aliphatic rings. The van der Waals surface area contributed by atoms with Crippen molar-refractivity contribution in [1.82, 2.24) is 14.8 Å². The number of piperidine rings is 1. The Bertz CT molecular complexity index is 1670. The Morgan fingerprint density at radius 3 is 2.55 bits per heavy atom. The van der Waals surface area contributed by atoms with Crippen molar-refractivity contribution in [2.45, 2.75) is 51.3 Å². The maximum atomic E-state index is 14.8. The summed E-state index contributed by atoms with van der Waals surface area (Å²) < 4.78 is 72.8. The summed E-state index contributed by atoms with van der Waals surface area (Å²) in [7, 11) is 4.74. The number of rotatable bonds is 13. The van der Waals surface area contributed by atoms with Gasteiger partial charge >= 0.3 is 12.1 Å². The quantitative estimate of drug-likeness (QED) is 0.130. The van der Waals surface area contributed by atoms with E-state index in [4.69, 9.17) is 14.2 Å². The maximum Gasteiger partial charge on any atom is 0.406 e. The number of fused-ring (bicyclic) bond motifs is 1. The van der Waals surface area contributed by atoms with E-state index in [1.54, 1.807) is 50.2 Å².